The Hall–Kier alpha value is -13.8. The average molecular weight is 1370 g/mol. The zero-order valence-corrected chi connectivity index (χ0v) is 59.2. The van der Waals surface area contributed by atoms with Gasteiger partial charge in [0.15, 0.2) is 5.82 Å². The van der Waals surface area contributed by atoms with Gasteiger partial charge in [-0.2, -0.15) is 0 Å². The second-order valence-electron chi connectivity index (χ2n) is 28.4. The maximum absolute atomic E-state index is 6.06. The number of hydrogen-bond acceptors (Lipinski definition) is 4. The quantitative estimate of drug-likeness (QED) is 0.122. The first-order chi connectivity index (χ1) is 52.7. The van der Waals surface area contributed by atoms with Crippen molar-refractivity contribution in [1.29, 1.82) is 0 Å². The molecule has 1 aliphatic carbocycles. The van der Waals surface area contributed by atoms with Crippen LogP contribution >= 0.6 is 0 Å². The molecular formula is C103H70N2O2. The highest BCUT2D eigenvalue weighted by Crippen LogP contribution is 2.50. The molecule has 0 radical (unpaired) electrons. The Bertz CT molecular complexity index is 6500. The molecule has 4 heteroatoms. The third kappa shape index (κ3) is 12.4. The van der Waals surface area contributed by atoms with E-state index in [9.17, 15) is 0 Å². The van der Waals surface area contributed by atoms with Crippen LogP contribution in [0.1, 0.15) is 25.0 Å². The molecule has 19 aromatic rings. The van der Waals surface area contributed by atoms with Gasteiger partial charge in [-0.25, -0.2) is 9.97 Å². The van der Waals surface area contributed by atoms with Gasteiger partial charge >= 0.3 is 0 Å². The van der Waals surface area contributed by atoms with Gasteiger partial charge in [-0.3, -0.25) is 0 Å². The minimum absolute atomic E-state index is 0.0341. The van der Waals surface area contributed by atoms with Crippen LogP contribution in [0.25, 0.3) is 189 Å². The Morgan fingerprint density at radius 1 is 0.187 bits per heavy atom. The maximum Gasteiger partial charge on any atom is 0.160 e. The average Bonchev–Trinajstić information content (AvgIpc) is 1.58. The van der Waals surface area contributed by atoms with Gasteiger partial charge in [0.25, 0.3) is 0 Å². The van der Waals surface area contributed by atoms with Crippen molar-refractivity contribution in [1.82, 2.24) is 9.97 Å². The molecule has 3 heterocycles. The Kier molecular flexibility index (Phi) is 16.2. The highest BCUT2D eigenvalue weighted by atomic mass is 16.3. The number of rotatable bonds is 12. The van der Waals surface area contributed by atoms with Crippen molar-refractivity contribution in [3.05, 3.63) is 399 Å². The zero-order chi connectivity index (χ0) is 71.4. The fraction of sp³-hybridized carbons (Fsp3) is 0.0291. The summed E-state index contributed by atoms with van der Waals surface area (Å²) in [6, 6.07) is 139. The van der Waals surface area contributed by atoms with Crippen molar-refractivity contribution in [2.24, 2.45) is 0 Å². The van der Waals surface area contributed by atoms with Gasteiger partial charge in [0.2, 0.25) is 0 Å². The molecule has 0 saturated carbocycles. The van der Waals surface area contributed by atoms with E-state index >= 15 is 0 Å². The third-order valence-corrected chi connectivity index (χ3v) is 21.5. The highest BCUT2D eigenvalue weighted by Gasteiger charge is 2.35. The summed E-state index contributed by atoms with van der Waals surface area (Å²) in [6.45, 7) is 4.66. The van der Waals surface area contributed by atoms with Crippen LogP contribution in [0.3, 0.4) is 0 Å². The Morgan fingerprint density at radius 2 is 0.467 bits per heavy atom. The van der Waals surface area contributed by atoms with E-state index < -0.39 is 0 Å². The molecule has 0 N–H and O–H groups in total. The smallest absolute Gasteiger partial charge is 0.160 e. The predicted molar refractivity (Wildman–Crippen MR) is 446 cm³/mol. The number of para-hydroxylation sites is 2. The number of nitrogens with zero attached hydrogens (tertiary/aromatic N) is 2. The van der Waals surface area contributed by atoms with Crippen molar-refractivity contribution in [2.75, 3.05) is 0 Å². The molecule has 0 spiro atoms. The van der Waals surface area contributed by atoms with Crippen LogP contribution in [-0.2, 0) is 5.41 Å². The maximum atomic E-state index is 6.06. The number of fused-ring (bicyclic) bond motifs is 9. The van der Waals surface area contributed by atoms with E-state index in [2.05, 4.69) is 360 Å². The van der Waals surface area contributed by atoms with E-state index in [1.54, 1.807) is 0 Å². The van der Waals surface area contributed by atoms with Crippen LogP contribution in [-0.4, -0.2) is 9.97 Å². The van der Waals surface area contributed by atoms with E-state index in [0.717, 1.165) is 83.1 Å². The fourth-order valence-corrected chi connectivity index (χ4v) is 15.6. The van der Waals surface area contributed by atoms with Gasteiger partial charge in [-0.15, -0.1) is 0 Å². The van der Waals surface area contributed by atoms with Crippen molar-refractivity contribution in [3.8, 4) is 145 Å². The SMILES string of the molecule is CC1(C)c2ccccc2-c2ccc(-c3ccc(-c4cc(-c5ccc(-c6ccc7oc8ccccc8c7c6)cc5)nc(-c5ccccc5)n4)cc3)cc21.c1ccc(-c2ccc(-c3cc(-c4ccccc4)cc(-c4ccc(-c5ccc(-c6ccc(-c7ccc8oc9ccccc9c8c7)cc6)cc5)cc4)c3)cc2)cc1. The van der Waals surface area contributed by atoms with E-state index in [1.165, 1.54) is 111 Å². The van der Waals surface area contributed by atoms with Crippen LogP contribution in [0.2, 0.25) is 0 Å². The molecule has 0 amide bonds. The van der Waals surface area contributed by atoms with Crippen molar-refractivity contribution in [2.45, 2.75) is 19.3 Å². The monoisotopic (exact) mass is 1370 g/mol. The van der Waals surface area contributed by atoms with E-state index in [4.69, 9.17) is 18.8 Å². The Morgan fingerprint density at radius 3 is 0.888 bits per heavy atom. The zero-order valence-electron chi connectivity index (χ0n) is 59.2. The van der Waals surface area contributed by atoms with Crippen molar-refractivity contribution in [3.63, 3.8) is 0 Å². The lowest BCUT2D eigenvalue weighted by atomic mass is 9.81. The van der Waals surface area contributed by atoms with Crippen LogP contribution < -0.4 is 0 Å². The standard InChI is InChI=1S/C54H36O.C49H34N2O/c1-3-9-37(10-4-1)39-21-27-45(28-22-39)49-33-48(38-11-5-2-6-12-38)34-50(35-49)46-29-23-43(24-30-46)41-17-15-40(16-18-41)42-19-25-44(26-20-42)47-31-32-54-52(36-47)51-13-7-8-14-53(51)55-54;1-49(2)42-14-8-6-12-38(42)39-26-24-37(29-43(39)49)32-18-22-34(23-19-32)45-30-44(50-48(51-45)35-10-4-3-5-11-35)33-20-16-31(17-21-33)36-25-27-47-41(28-36)40-13-7-9-15-46(40)52-47/h1-36H;3-30H,1-2H3. The normalized spacial score (nSPS) is 12.1. The lowest BCUT2D eigenvalue weighted by molar-refractivity contribution is 0.660. The molecule has 0 bridgehead atoms. The first kappa shape index (κ1) is 64.1. The summed E-state index contributed by atoms with van der Waals surface area (Å²) in [4.78, 5) is 10.2. The summed E-state index contributed by atoms with van der Waals surface area (Å²) in [6.07, 6.45) is 0. The van der Waals surface area contributed by atoms with E-state index in [-0.39, 0.29) is 5.41 Å². The molecule has 504 valence electrons. The first-order valence-corrected chi connectivity index (χ1v) is 36.6. The molecule has 4 nitrogen and oxygen atoms in total. The Labute approximate surface area is 622 Å². The molecule has 0 atom stereocenters. The largest absolute Gasteiger partial charge is 0.456 e. The van der Waals surface area contributed by atoms with Crippen LogP contribution in [0, 0.1) is 0 Å². The molecule has 20 rings (SSSR count). The molecule has 107 heavy (non-hydrogen) atoms. The molecule has 0 saturated heterocycles. The van der Waals surface area contributed by atoms with Crippen LogP contribution in [0.4, 0.5) is 0 Å². The van der Waals surface area contributed by atoms with Gasteiger partial charge in [0, 0.05) is 43.7 Å². The fourth-order valence-electron chi connectivity index (χ4n) is 15.6. The highest BCUT2D eigenvalue weighted by molar-refractivity contribution is 6.07. The molecule has 0 aliphatic heterocycles. The number of benzene rings is 16. The van der Waals surface area contributed by atoms with Gasteiger partial charge in [0.1, 0.15) is 22.3 Å². The lowest BCUT2D eigenvalue weighted by Gasteiger charge is -2.22. The summed E-state index contributed by atoms with van der Waals surface area (Å²) in [5.74, 6) is 0.707. The molecule has 0 unspecified atom stereocenters. The number of aromatic nitrogens is 2. The first-order valence-electron chi connectivity index (χ1n) is 36.6. The number of hydrogen-bond donors (Lipinski definition) is 0. The van der Waals surface area contributed by atoms with Crippen LogP contribution in [0.5, 0.6) is 0 Å². The van der Waals surface area contributed by atoms with Gasteiger partial charge in [-0.1, -0.05) is 335 Å². The minimum atomic E-state index is -0.0341. The Balaban J connectivity index is 0.000000146. The number of furan rings is 2. The van der Waals surface area contributed by atoms with Crippen LogP contribution in [0.15, 0.2) is 397 Å². The molecule has 3 aromatic heterocycles. The summed E-state index contributed by atoms with van der Waals surface area (Å²) in [7, 11) is 0. The van der Waals surface area contributed by atoms with E-state index in [0.29, 0.717) is 5.82 Å². The molecule has 0 fully saturated rings. The third-order valence-electron chi connectivity index (χ3n) is 21.5. The summed E-state index contributed by atoms with van der Waals surface area (Å²) in [5.41, 5.74) is 35.5. The topological polar surface area (TPSA) is 52.1 Å². The van der Waals surface area contributed by atoms with E-state index in [1.807, 2.05) is 42.5 Å². The van der Waals surface area contributed by atoms with Gasteiger partial charge < -0.3 is 8.83 Å². The molecular weight excluding hydrogens is 1300 g/mol. The van der Waals surface area contributed by atoms with Crippen molar-refractivity contribution >= 4 is 43.9 Å². The second kappa shape index (κ2) is 27.1. The van der Waals surface area contributed by atoms with Gasteiger partial charge in [-0.05, 0) is 189 Å². The summed E-state index contributed by atoms with van der Waals surface area (Å²) >= 11 is 0. The molecule has 1 aliphatic rings. The summed E-state index contributed by atoms with van der Waals surface area (Å²) in [5, 5.41) is 4.56. The minimum Gasteiger partial charge on any atom is -0.456 e. The summed E-state index contributed by atoms with van der Waals surface area (Å²) < 4.78 is 12.1. The molecule has 16 aromatic carbocycles. The van der Waals surface area contributed by atoms with Crippen molar-refractivity contribution < 1.29 is 8.83 Å². The second-order valence-corrected chi connectivity index (χ2v) is 28.4. The van der Waals surface area contributed by atoms with Gasteiger partial charge in [0.05, 0.1) is 11.4 Å². The predicted octanol–water partition coefficient (Wildman–Crippen LogP) is 28.3. The lowest BCUT2D eigenvalue weighted by Crippen LogP contribution is -2.14.